The van der Waals surface area contributed by atoms with Crippen molar-refractivity contribution in [3.05, 3.63) is 77.4 Å². The molecule has 2 amide bonds. The summed E-state index contributed by atoms with van der Waals surface area (Å²) < 4.78 is 118. The van der Waals surface area contributed by atoms with E-state index in [2.05, 4.69) is 15.0 Å². The van der Waals surface area contributed by atoms with Crippen LogP contribution in [-0.2, 0) is 0 Å². The molecular weight excluding hydrogens is 560 g/mol. The topological polar surface area (TPSA) is 113 Å². The van der Waals surface area contributed by atoms with Gasteiger partial charge in [0.05, 0.1) is 11.2 Å². The van der Waals surface area contributed by atoms with Crippen molar-refractivity contribution in [3.8, 4) is 23.0 Å². The molecule has 0 spiro atoms. The third-order valence-electron chi connectivity index (χ3n) is 5.81. The van der Waals surface area contributed by atoms with Gasteiger partial charge >= 0.3 is 6.36 Å². The lowest BCUT2D eigenvalue weighted by Crippen LogP contribution is -2.19. The number of carbonyl (C=O) groups excluding carboxylic acids is 2. The van der Waals surface area contributed by atoms with Crippen LogP contribution >= 0.6 is 0 Å². The Morgan fingerprint density at radius 2 is 1.88 bits per heavy atom. The zero-order chi connectivity index (χ0) is 32.4. The highest BCUT2D eigenvalue weighted by Gasteiger charge is 2.33. The summed E-state index contributed by atoms with van der Waals surface area (Å²) in [5.41, 5.74) is 4.48. The number of anilines is 1. The van der Waals surface area contributed by atoms with Crippen LogP contribution in [0.5, 0.6) is 23.0 Å². The van der Waals surface area contributed by atoms with Crippen molar-refractivity contribution in [1.29, 1.82) is 0 Å². The van der Waals surface area contributed by atoms with Crippen LogP contribution in [0, 0.1) is 5.82 Å². The number of hydrogen-bond donors (Lipinski definition) is 2. The van der Waals surface area contributed by atoms with Gasteiger partial charge in [-0.15, -0.1) is 13.2 Å². The SMILES string of the molecule is [2H]C([2H])([2H])Oc1cc(OC(F)(F)F)ccc1Oc1cc(C2=CCC(F)(F)CC2)cc(F)c1C(=O)Nc1ccnc(C(N)=O)c1. The normalized spacial score (nSPS) is 16.0. The van der Waals surface area contributed by atoms with E-state index in [1.165, 1.54) is 12.1 Å². The van der Waals surface area contributed by atoms with Crippen molar-refractivity contribution in [2.75, 3.05) is 12.4 Å². The molecule has 4 rings (SSSR count). The predicted molar refractivity (Wildman–Crippen MR) is 134 cm³/mol. The van der Waals surface area contributed by atoms with E-state index in [1.807, 2.05) is 0 Å². The molecule has 2 aromatic carbocycles. The molecule has 0 bridgehead atoms. The van der Waals surface area contributed by atoms with Crippen molar-refractivity contribution < 1.29 is 54.3 Å². The van der Waals surface area contributed by atoms with E-state index in [0.29, 0.717) is 11.6 Å². The molecule has 8 nitrogen and oxygen atoms in total. The van der Waals surface area contributed by atoms with E-state index in [-0.39, 0.29) is 23.4 Å². The van der Waals surface area contributed by atoms with Crippen LogP contribution in [0.15, 0.2) is 54.7 Å². The number of primary amides is 1. The lowest BCUT2D eigenvalue weighted by Gasteiger charge is -2.22. The van der Waals surface area contributed by atoms with Crippen LogP contribution in [0.1, 0.15) is 49.8 Å². The minimum absolute atomic E-state index is 0.0366. The number of rotatable bonds is 8. The number of pyridine rings is 1. The molecule has 0 atom stereocenters. The quantitative estimate of drug-likeness (QED) is 0.294. The molecule has 0 saturated heterocycles. The van der Waals surface area contributed by atoms with E-state index in [9.17, 15) is 31.5 Å². The highest BCUT2D eigenvalue weighted by Crippen LogP contribution is 2.41. The van der Waals surface area contributed by atoms with Gasteiger partial charge < -0.3 is 25.3 Å². The Balaban J connectivity index is 1.80. The first-order chi connectivity index (χ1) is 20.4. The molecule has 41 heavy (non-hydrogen) atoms. The number of carbonyl (C=O) groups is 2. The fraction of sp³-hybridized carbons (Fsp3) is 0.222. The van der Waals surface area contributed by atoms with Gasteiger partial charge in [-0.2, -0.15) is 0 Å². The molecule has 0 radical (unpaired) electrons. The van der Waals surface area contributed by atoms with Crippen LogP contribution in [0.25, 0.3) is 5.57 Å². The standard InChI is InChI=1S/C27H21F6N3O5/c1-39-21-13-17(41-27(31,32)33)2-3-20(21)40-22-11-15(14-4-7-26(29,30)8-5-14)10-18(28)23(22)25(38)36-16-6-9-35-19(12-16)24(34)37/h2-4,6,9-13H,5,7-8H2,1H3,(H2,34,37)(H,35,36,38)/i1D3. The maximum Gasteiger partial charge on any atom is 0.573 e. The fourth-order valence-corrected chi connectivity index (χ4v) is 3.93. The summed E-state index contributed by atoms with van der Waals surface area (Å²) in [7, 11) is -3.19. The lowest BCUT2D eigenvalue weighted by atomic mass is 9.90. The average Bonchev–Trinajstić information content (AvgIpc) is 2.88. The van der Waals surface area contributed by atoms with Crippen LogP contribution in [-0.4, -0.2) is 36.1 Å². The van der Waals surface area contributed by atoms with E-state index in [1.54, 1.807) is 0 Å². The highest BCUT2D eigenvalue weighted by atomic mass is 19.4. The number of nitrogens with zero attached hydrogens (tertiary/aromatic N) is 1. The molecule has 1 aliphatic carbocycles. The molecule has 14 heteroatoms. The average molecular weight is 584 g/mol. The second-order valence-corrected chi connectivity index (χ2v) is 8.73. The number of nitrogens with two attached hydrogens (primary N) is 1. The number of allylic oxidation sites excluding steroid dienone is 2. The molecule has 1 heterocycles. The van der Waals surface area contributed by atoms with Gasteiger partial charge in [-0.3, -0.25) is 14.6 Å². The van der Waals surface area contributed by atoms with Crippen LogP contribution < -0.4 is 25.3 Å². The van der Waals surface area contributed by atoms with Gasteiger partial charge in [0, 0.05) is 30.8 Å². The highest BCUT2D eigenvalue weighted by molar-refractivity contribution is 6.07. The molecule has 216 valence electrons. The van der Waals surface area contributed by atoms with Crippen LogP contribution in [0.3, 0.4) is 0 Å². The molecule has 0 aliphatic heterocycles. The first-order valence-electron chi connectivity index (χ1n) is 13.1. The third kappa shape index (κ3) is 7.26. The summed E-state index contributed by atoms with van der Waals surface area (Å²) >= 11 is 0. The number of alkyl halides is 5. The maximum absolute atomic E-state index is 15.6. The number of nitrogens with one attached hydrogen (secondary N) is 1. The number of benzene rings is 2. The second kappa shape index (κ2) is 11.4. The maximum atomic E-state index is 15.6. The Bertz CT molecular complexity index is 1630. The number of methoxy groups -OCH3 is 1. The molecule has 1 aliphatic rings. The Morgan fingerprint density at radius 1 is 1.10 bits per heavy atom. The van der Waals surface area contributed by atoms with Gasteiger partial charge in [0.25, 0.3) is 17.7 Å². The first-order valence-corrected chi connectivity index (χ1v) is 11.6. The number of hydrogen-bond acceptors (Lipinski definition) is 6. The molecule has 0 unspecified atom stereocenters. The van der Waals surface area contributed by atoms with Gasteiger partial charge in [-0.25, -0.2) is 13.2 Å². The largest absolute Gasteiger partial charge is 0.573 e. The molecule has 0 fully saturated rings. The van der Waals surface area contributed by atoms with E-state index in [0.717, 1.165) is 36.5 Å². The minimum Gasteiger partial charge on any atom is -0.493 e. The van der Waals surface area contributed by atoms with Gasteiger partial charge in [-0.1, -0.05) is 6.08 Å². The summed E-state index contributed by atoms with van der Waals surface area (Å²) in [4.78, 5) is 28.5. The van der Waals surface area contributed by atoms with Gasteiger partial charge in [0.2, 0.25) is 0 Å². The second-order valence-electron chi connectivity index (χ2n) is 8.73. The van der Waals surface area contributed by atoms with Crippen LogP contribution in [0.4, 0.5) is 32.0 Å². The molecule has 3 aromatic rings. The number of ether oxygens (including phenoxy) is 3. The van der Waals surface area contributed by atoms with Gasteiger partial charge in [0.1, 0.15) is 28.6 Å². The summed E-state index contributed by atoms with van der Waals surface area (Å²) in [5, 5.41) is 2.33. The zero-order valence-electron chi connectivity index (χ0n) is 23.7. The predicted octanol–water partition coefficient (Wildman–Crippen LogP) is 6.47. The van der Waals surface area contributed by atoms with Crippen molar-refractivity contribution in [2.45, 2.75) is 31.5 Å². The fourth-order valence-electron chi connectivity index (χ4n) is 3.93. The monoisotopic (exact) mass is 584 g/mol. The Labute approximate surface area is 232 Å². The smallest absolute Gasteiger partial charge is 0.493 e. The third-order valence-corrected chi connectivity index (χ3v) is 5.81. The summed E-state index contributed by atoms with van der Waals surface area (Å²) in [6.07, 6.45) is -4.16. The zero-order valence-corrected chi connectivity index (χ0v) is 20.7. The van der Waals surface area contributed by atoms with Crippen molar-refractivity contribution in [3.63, 3.8) is 0 Å². The van der Waals surface area contributed by atoms with Crippen LogP contribution in [0.2, 0.25) is 0 Å². The molecular formula is C27H21F6N3O5. The molecule has 0 saturated carbocycles. The van der Waals surface area contributed by atoms with E-state index < -0.39 is 78.4 Å². The van der Waals surface area contributed by atoms with Crippen molar-refractivity contribution in [1.82, 2.24) is 4.98 Å². The van der Waals surface area contributed by atoms with Crippen molar-refractivity contribution in [2.24, 2.45) is 5.73 Å². The number of halogens is 6. The van der Waals surface area contributed by atoms with E-state index in [4.69, 9.17) is 19.3 Å². The summed E-state index contributed by atoms with van der Waals surface area (Å²) in [6, 6.07) is 6.52. The number of amides is 2. The Morgan fingerprint density at radius 3 is 2.54 bits per heavy atom. The first kappa shape index (κ1) is 25.2. The molecule has 3 N–H and O–H groups in total. The minimum atomic E-state index is -5.14. The van der Waals surface area contributed by atoms with E-state index >= 15 is 4.39 Å². The van der Waals surface area contributed by atoms with Crippen molar-refractivity contribution >= 4 is 23.1 Å². The Kier molecular flexibility index (Phi) is 7.01. The van der Waals surface area contributed by atoms with Gasteiger partial charge in [-0.05, 0) is 54.0 Å². The van der Waals surface area contributed by atoms with Gasteiger partial charge in [0.15, 0.2) is 11.5 Å². The number of aromatic nitrogens is 1. The summed E-state index contributed by atoms with van der Waals surface area (Å²) in [5.74, 6) is -9.06. The lowest BCUT2D eigenvalue weighted by molar-refractivity contribution is -0.274. The summed E-state index contributed by atoms with van der Waals surface area (Å²) in [6.45, 7) is 0. The Hall–Kier alpha value is -4.75. The molecule has 1 aromatic heterocycles.